The van der Waals surface area contributed by atoms with Gasteiger partial charge in [-0.2, -0.15) is 4.31 Å². The molecule has 0 unspecified atom stereocenters. The molecule has 1 aliphatic rings. The highest BCUT2D eigenvalue weighted by molar-refractivity contribution is 7.89. The van der Waals surface area contributed by atoms with Crippen LogP contribution in [0.4, 0.5) is 0 Å². The summed E-state index contributed by atoms with van der Waals surface area (Å²) in [6.07, 6.45) is 0.619. The molecule has 1 fully saturated rings. The lowest BCUT2D eigenvalue weighted by Gasteiger charge is -2.31. The Kier molecular flexibility index (Phi) is 4.97. The molecule has 0 aromatic heterocycles. The third kappa shape index (κ3) is 3.42. The highest BCUT2D eigenvalue weighted by Crippen LogP contribution is 2.24. The van der Waals surface area contributed by atoms with Crippen LogP contribution in [0.5, 0.6) is 5.75 Å². The van der Waals surface area contributed by atoms with Crippen LogP contribution in [0, 0.1) is 0 Å². The van der Waals surface area contributed by atoms with E-state index in [1.165, 1.54) is 22.5 Å². The molecule has 1 heterocycles. The molecule has 0 spiro atoms. The number of ether oxygens (including phenoxy) is 1. The van der Waals surface area contributed by atoms with Crippen LogP contribution in [0.15, 0.2) is 23.1 Å². The van der Waals surface area contributed by atoms with Crippen molar-refractivity contribution in [2.24, 2.45) is 0 Å². The van der Waals surface area contributed by atoms with E-state index >= 15 is 0 Å². The van der Waals surface area contributed by atoms with E-state index in [1.54, 1.807) is 0 Å². The fourth-order valence-corrected chi connectivity index (χ4v) is 3.70. The topological polar surface area (TPSA) is 66.9 Å². The monoisotopic (exact) mass is 312 g/mol. The first-order valence-corrected chi connectivity index (χ1v) is 8.33. The molecule has 0 saturated carbocycles. The Morgan fingerprint density at radius 2 is 1.90 bits per heavy atom. The average molecular weight is 312 g/mol. The Morgan fingerprint density at radius 3 is 2.48 bits per heavy atom. The SMILES string of the molecule is CCOc1ccc(S(=O)(=O)N2CCN(C)CC2)cc1C=O. The zero-order valence-electron chi connectivity index (χ0n) is 12.3. The van der Waals surface area contributed by atoms with Crippen LogP contribution >= 0.6 is 0 Å². The third-order valence-corrected chi connectivity index (χ3v) is 5.40. The van der Waals surface area contributed by atoms with Gasteiger partial charge in [-0.05, 0) is 32.2 Å². The molecule has 0 bridgehead atoms. The number of hydrogen-bond donors (Lipinski definition) is 0. The van der Waals surface area contributed by atoms with Crippen molar-refractivity contribution >= 4 is 16.3 Å². The first-order valence-electron chi connectivity index (χ1n) is 6.89. The minimum atomic E-state index is -3.56. The second-order valence-corrected chi connectivity index (χ2v) is 6.90. The third-order valence-electron chi connectivity index (χ3n) is 3.51. The van der Waals surface area contributed by atoms with Crippen molar-refractivity contribution in [3.63, 3.8) is 0 Å². The smallest absolute Gasteiger partial charge is 0.243 e. The van der Waals surface area contributed by atoms with Crippen LogP contribution in [0.3, 0.4) is 0 Å². The van der Waals surface area contributed by atoms with Crippen molar-refractivity contribution in [2.75, 3.05) is 39.8 Å². The summed E-state index contributed by atoms with van der Waals surface area (Å²) in [5, 5.41) is 0. The summed E-state index contributed by atoms with van der Waals surface area (Å²) < 4.78 is 31.9. The van der Waals surface area contributed by atoms with Gasteiger partial charge >= 0.3 is 0 Å². The predicted molar refractivity (Wildman–Crippen MR) is 79.3 cm³/mol. The zero-order chi connectivity index (χ0) is 15.5. The van der Waals surface area contributed by atoms with Crippen LogP contribution < -0.4 is 4.74 Å². The highest BCUT2D eigenvalue weighted by atomic mass is 32.2. The van der Waals surface area contributed by atoms with Gasteiger partial charge in [-0.25, -0.2) is 8.42 Å². The lowest BCUT2D eigenvalue weighted by molar-refractivity contribution is 0.111. The number of aldehydes is 1. The van der Waals surface area contributed by atoms with E-state index in [0.29, 0.717) is 44.8 Å². The van der Waals surface area contributed by atoms with E-state index in [9.17, 15) is 13.2 Å². The van der Waals surface area contributed by atoms with Gasteiger partial charge in [-0.15, -0.1) is 0 Å². The zero-order valence-corrected chi connectivity index (χ0v) is 13.1. The van der Waals surface area contributed by atoms with Gasteiger partial charge in [0.2, 0.25) is 10.0 Å². The summed E-state index contributed by atoms with van der Waals surface area (Å²) in [6, 6.07) is 4.41. The standard InChI is InChI=1S/C14H20N2O4S/c1-3-20-14-5-4-13(10-12(14)11-17)21(18,19)16-8-6-15(2)7-9-16/h4-5,10-11H,3,6-9H2,1-2H3. The van der Waals surface area contributed by atoms with Gasteiger partial charge in [-0.3, -0.25) is 4.79 Å². The molecule has 1 aromatic carbocycles. The molecule has 116 valence electrons. The molecule has 21 heavy (non-hydrogen) atoms. The van der Waals surface area contributed by atoms with E-state index in [2.05, 4.69) is 4.90 Å². The summed E-state index contributed by atoms with van der Waals surface area (Å²) in [5.74, 6) is 0.407. The van der Waals surface area contributed by atoms with Gasteiger partial charge in [-0.1, -0.05) is 0 Å². The second-order valence-electron chi connectivity index (χ2n) is 4.96. The van der Waals surface area contributed by atoms with Crippen LogP contribution in [0.2, 0.25) is 0 Å². The van der Waals surface area contributed by atoms with Crippen molar-refractivity contribution in [2.45, 2.75) is 11.8 Å². The number of rotatable bonds is 5. The first kappa shape index (κ1) is 15.9. The van der Waals surface area contributed by atoms with E-state index in [1.807, 2.05) is 14.0 Å². The van der Waals surface area contributed by atoms with E-state index < -0.39 is 10.0 Å². The summed E-state index contributed by atoms with van der Waals surface area (Å²) in [6.45, 7) is 4.56. The molecular formula is C14H20N2O4S. The molecule has 0 amide bonds. The normalized spacial score (nSPS) is 17.6. The van der Waals surface area contributed by atoms with Crippen LogP contribution in [-0.4, -0.2) is 63.7 Å². The summed E-state index contributed by atoms with van der Waals surface area (Å²) in [7, 11) is -1.59. The lowest BCUT2D eigenvalue weighted by Crippen LogP contribution is -2.47. The number of carbonyl (C=O) groups excluding carboxylic acids is 1. The molecular weight excluding hydrogens is 292 g/mol. The van der Waals surface area contributed by atoms with Crippen molar-refractivity contribution in [3.8, 4) is 5.75 Å². The highest BCUT2D eigenvalue weighted by Gasteiger charge is 2.28. The fourth-order valence-electron chi connectivity index (χ4n) is 2.24. The number of likely N-dealkylation sites (N-methyl/N-ethyl adjacent to an activating group) is 1. The van der Waals surface area contributed by atoms with Gasteiger partial charge < -0.3 is 9.64 Å². The van der Waals surface area contributed by atoms with Crippen molar-refractivity contribution in [1.82, 2.24) is 9.21 Å². The van der Waals surface area contributed by atoms with Crippen molar-refractivity contribution < 1.29 is 17.9 Å². The van der Waals surface area contributed by atoms with Crippen LogP contribution in [-0.2, 0) is 10.0 Å². The van der Waals surface area contributed by atoms with E-state index in [4.69, 9.17) is 4.74 Å². The summed E-state index contributed by atoms with van der Waals surface area (Å²) >= 11 is 0. The van der Waals surface area contributed by atoms with E-state index in [-0.39, 0.29) is 10.5 Å². The fraction of sp³-hybridized carbons (Fsp3) is 0.500. The molecule has 0 radical (unpaired) electrons. The Labute approximate surface area is 125 Å². The maximum Gasteiger partial charge on any atom is 0.243 e. The number of sulfonamides is 1. The molecule has 0 aliphatic carbocycles. The largest absolute Gasteiger partial charge is 0.493 e. The second kappa shape index (κ2) is 6.55. The minimum absolute atomic E-state index is 0.137. The van der Waals surface area contributed by atoms with E-state index in [0.717, 1.165) is 0 Å². The van der Waals surface area contributed by atoms with Gasteiger partial charge in [0, 0.05) is 26.2 Å². The maximum absolute atomic E-state index is 12.6. The predicted octanol–water partition coefficient (Wildman–Crippen LogP) is 0.834. The Morgan fingerprint density at radius 1 is 1.24 bits per heavy atom. The maximum atomic E-state index is 12.6. The number of carbonyl (C=O) groups is 1. The quantitative estimate of drug-likeness (QED) is 0.754. The number of piperazine rings is 1. The average Bonchev–Trinajstić information content (AvgIpc) is 2.48. The minimum Gasteiger partial charge on any atom is -0.493 e. The van der Waals surface area contributed by atoms with Crippen molar-refractivity contribution in [1.29, 1.82) is 0 Å². The van der Waals surface area contributed by atoms with Gasteiger partial charge in [0.05, 0.1) is 17.1 Å². The van der Waals surface area contributed by atoms with Crippen LogP contribution in [0.1, 0.15) is 17.3 Å². The number of nitrogens with zero attached hydrogens (tertiary/aromatic N) is 2. The molecule has 7 heteroatoms. The van der Waals surface area contributed by atoms with Gasteiger partial charge in [0.15, 0.2) is 6.29 Å². The first-order chi connectivity index (χ1) is 9.98. The molecule has 2 rings (SSSR count). The molecule has 1 aromatic rings. The summed E-state index contributed by atoms with van der Waals surface area (Å²) in [5.41, 5.74) is 0.257. The van der Waals surface area contributed by atoms with Crippen LogP contribution in [0.25, 0.3) is 0 Å². The van der Waals surface area contributed by atoms with Gasteiger partial charge in [0.25, 0.3) is 0 Å². The number of benzene rings is 1. The molecule has 0 N–H and O–H groups in total. The Bertz CT molecular complexity index is 607. The van der Waals surface area contributed by atoms with Crippen molar-refractivity contribution in [3.05, 3.63) is 23.8 Å². The summed E-state index contributed by atoms with van der Waals surface area (Å²) in [4.78, 5) is 13.3. The molecule has 6 nitrogen and oxygen atoms in total. The molecule has 1 aliphatic heterocycles. The lowest BCUT2D eigenvalue weighted by atomic mass is 10.2. The number of hydrogen-bond acceptors (Lipinski definition) is 5. The van der Waals surface area contributed by atoms with Gasteiger partial charge in [0.1, 0.15) is 5.75 Å². The Hall–Kier alpha value is -1.44. The molecule has 1 saturated heterocycles. The Balaban J connectivity index is 2.30. The molecule has 0 atom stereocenters.